The minimum absolute atomic E-state index is 0.274. The van der Waals surface area contributed by atoms with Crippen LogP contribution in [0.15, 0.2) is 35.7 Å². The van der Waals surface area contributed by atoms with Gasteiger partial charge in [0.25, 0.3) is 0 Å². The van der Waals surface area contributed by atoms with Crippen LogP contribution in [0.1, 0.15) is 62.5 Å². The van der Waals surface area contributed by atoms with Gasteiger partial charge in [-0.05, 0) is 31.2 Å². The van der Waals surface area contributed by atoms with Gasteiger partial charge in [0, 0.05) is 17.1 Å². The van der Waals surface area contributed by atoms with Crippen molar-refractivity contribution >= 4 is 11.3 Å². The van der Waals surface area contributed by atoms with Gasteiger partial charge in [-0.3, -0.25) is 0 Å². The summed E-state index contributed by atoms with van der Waals surface area (Å²) in [5.74, 6) is 0. The molecule has 0 radical (unpaired) electrons. The first kappa shape index (κ1) is 16.2. The zero-order chi connectivity index (χ0) is 15.5. The average Bonchev–Trinajstić information content (AvgIpc) is 2.84. The molecule has 0 bridgehead atoms. The van der Waals surface area contributed by atoms with Gasteiger partial charge in [-0.25, -0.2) is 4.98 Å². The first-order valence-corrected chi connectivity index (χ1v) is 8.46. The maximum Gasteiger partial charge on any atom is 0.110 e. The molecule has 1 aromatic heterocycles. The third-order valence-electron chi connectivity index (χ3n) is 3.48. The molecule has 0 spiro atoms. The molecule has 2 nitrogen and oxygen atoms in total. The number of aromatic nitrogens is 1. The zero-order valence-electron chi connectivity index (χ0n) is 13.7. The van der Waals surface area contributed by atoms with E-state index < -0.39 is 0 Å². The standard InChI is InChI=1S/C18H26N2S/c1-13-12-21-17(19-13)14(2)20-16(11-18(3,4)5)15-9-7-6-8-10-15/h6-10,12,14,16,20H,11H2,1-5H3. The summed E-state index contributed by atoms with van der Waals surface area (Å²) in [7, 11) is 0. The number of nitrogens with zero attached hydrogens (tertiary/aromatic N) is 1. The lowest BCUT2D eigenvalue weighted by atomic mass is 9.85. The summed E-state index contributed by atoms with van der Waals surface area (Å²) in [6, 6.07) is 11.4. The van der Waals surface area contributed by atoms with Crippen LogP contribution >= 0.6 is 11.3 Å². The second-order valence-electron chi connectivity index (χ2n) is 6.94. The van der Waals surface area contributed by atoms with Gasteiger partial charge < -0.3 is 5.32 Å². The number of aryl methyl sites for hydroxylation is 1. The van der Waals surface area contributed by atoms with E-state index in [2.05, 4.69) is 80.6 Å². The molecular weight excluding hydrogens is 276 g/mol. The summed E-state index contributed by atoms with van der Waals surface area (Å²) in [6.45, 7) is 11.1. The van der Waals surface area contributed by atoms with Crippen molar-refractivity contribution in [2.75, 3.05) is 0 Å². The lowest BCUT2D eigenvalue weighted by Gasteiger charge is -2.29. The van der Waals surface area contributed by atoms with Crippen LogP contribution in [0.25, 0.3) is 0 Å². The van der Waals surface area contributed by atoms with Crippen LogP contribution in [0, 0.1) is 12.3 Å². The van der Waals surface area contributed by atoms with Gasteiger partial charge in [-0.15, -0.1) is 11.3 Å². The van der Waals surface area contributed by atoms with Crippen molar-refractivity contribution in [3.8, 4) is 0 Å². The molecule has 2 aromatic rings. The van der Waals surface area contributed by atoms with Crippen molar-refractivity contribution in [2.24, 2.45) is 5.41 Å². The zero-order valence-corrected chi connectivity index (χ0v) is 14.5. The van der Waals surface area contributed by atoms with Crippen molar-refractivity contribution in [3.05, 3.63) is 52.0 Å². The third kappa shape index (κ3) is 4.94. The summed E-state index contributed by atoms with van der Waals surface area (Å²) in [5.41, 5.74) is 2.75. The Bertz CT molecular complexity index is 554. The summed E-state index contributed by atoms with van der Waals surface area (Å²) in [5, 5.41) is 7.06. The smallest absolute Gasteiger partial charge is 0.110 e. The van der Waals surface area contributed by atoms with Crippen LogP contribution in [0.3, 0.4) is 0 Å². The number of hydrogen-bond acceptors (Lipinski definition) is 3. The summed E-state index contributed by atoms with van der Waals surface area (Å²) < 4.78 is 0. The van der Waals surface area contributed by atoms with Crippen LogP contribution < -0.4 is 5.32 Å². The van der Waals surface area contributed by atoms with Crippen LogP contribution in [0.5, 0.6) is 0 Å². The predicted octanol–water partition coefficient (Wildman–Crippen LogP) is 5.28. The van der Waals surface area contributed by atoms with Crippen molar-refractivity contribution in [1.29, 1.82) is 0 Å². The fraction of sp³-hybridized carbons (Fsp3) is 0.500. The molecule has 0 amide bonds. The second-order valence-corrected chi connectivity index (χ2v) is 7.83. The minimum atomic E-state index is 0.274. The number of rotatable bonds is 5. The minimum Gasteiger partial charge on any atom is -0.301 e. The van der Waals surface area contributed by atoms with E-state index in [1.165, 1.54) is 10.6 Å². The van der Waals surface area contributed by atoms with Crippen LogP contribution in [0.2, 0.25) is 0 Å². The first-order valence-electron chi connectivity index (χ1n) is 7.58. The Morgan fingerprint density at radius 1 is 1.19 bits per heavy atom. The number of benzene rings is 1. The third-order valence-corrected chi connectivity index (χ3v) is 4.62. The molecule has 114 valence electrons. The van der Waals surface area contributed by atoms with E-state index in [1.807, 2.05) is 0 Å². The van der Waals surface area contributed by atoms with Gasteiger partial charge in [0.1, 0.15) is 5.01 Å². The molecule has 0 saturated heterocycles. The predicted molar refractivity (Wildman–Crippen MR) is 91.7 cm³/mol. The van der Waals surface area contributed by atoms with Crippen LogP contribution in [-0.4, -0.2) is 4.98 Å². The highest BCUT2D eigenvalue weighted by Crippen LogP contribution is 2.31. The maximum absolute atomic E-state index is 4.61. The highest BCUT2D eigenvalue weighted by molar-refractivity contribution is 7.09. The lowest BCUT2D eigenvalue weighted by molar-refractivity contribution is 0.297. The molecule has 2 rings (SSSR count). The highest BCUT2D eigenvalue weighted by Gasteiger charge is 2.22. The van der Waals surface area contributed by atoms with Gasteiger partial charge in [0.05, 0.1) is 6.04 Å². The molecule has 0 aliphatic heterocycles. The van der Waals surface area contributed by atoms with Crippen LogP contribution in [0.4, 0.5) is 0 Å². The van der Waals surface area contributed by atoms with E-state index in [-0.39, 0.29) is 11.5 Å². The molecule has 0 aliphatic rings. The molecule has 2 unspecified atom stereocenters. The van der Waals surface area contributed by atoms with E-state index in [4.69, 9.17) is 0 Å². The number of nitrogens with one attached hydrogen (secondary N) is 1. The quantitative estimate of drug-likeness (QED) is 0.812. The Labute approximate surface area is 132 Å². The van der Waals surface area contributed by atoms with Crippen molar-refractivity contribution in [2.45, 2.75) is 53.1 Å². The number of hydrogen-bond donors (Lipinski definition) is 1. The topological polar surface area (TPSA) is 24.9 Å². The van der Waals surface area contributed by atoms with Gasteiger partial charge in [0.2, 0.25) is 0 Å². The Kier molecular flexibility index (Phi) is 5.17. The van der Waals surface area contributed by atoms with E-state index in [9.17, 15) is 0 Å². The Morgan fingerprint density at radius 2 is 1.86 bits per heavy atom. The molecule has 1 heterocycles. The fourth-order valence-electron chi connectivity index (χ4n) is 2.51. The van der Waals surface area contributed by atoms with Gasteiger partial charge in [0.15, 0.2) is 0 Å². The van der Waals surface area contributed by atoms with E-state index >= 15 is 0 Å². The van der Waals surface area contributed by atoms with Crippen molar-refractivity contribution in [1.82, 2.24) is 10.3 Å². The molecule has 1 aromatic carbocycles. The fourth-order valence-corrected chi connectivity index (χ4v) is 3.33. The highest BCUT2D eigenvalue weighted by atomic mass is 32.1. The molecular formula is C18H26N2S. The Hall–Kier alpha value is -1.19. The number of thiazole rings is 1. The molecule has 0 fully saturated rings. The first-order chi connectivity index (χ1) is 9.85. The molecule has 21 heavy (non-hydrogen) atoms. The summed E-state index contributed by atoms with van der Waals surface area (Å²) in [6.07, 6.45) is 1.10. The summed E-state index contributed by atoms with van der Waals surface area (Å²) in [4.78, 5) is 4.61. The van der Waals surface area contributed by atoms with E-state index in [1.54, 1.807) is 11.3 Å². The largest absolute Gasteiger partial charge is 0.301 e. The van der Waals surface area contributed by atoms with Gasteiger partial charge >= 0.3 is 0 Å². The monoisotopic (exact) mass is 302 g/mol. The summed E-state index contributed by atoms with van der Waals surface area (Å²) >= 11 is 1.74. The molecule has 2 atom stereocenters. The molecule has 1 N–H and O–H groups in total. The van der Waals surface area contributed by atoms with Gasteiger partial charge in [-0.1, -0.05) is 51.1 Å². The SMILES string of the molecule is Cc1csc(C(C)NC(CC(C)(C)C)c2ccccc2)n1. The molecule has 3 heteroatoms. The Morgan fingerprint density at radius 3 is 2.38 bits per heavy atom. The van der Waals surface area contributed by atoms with Crippen molar-refractivity contribution < 1.29 is 0 Å². The van der Waals surface area contributed by atoms with E-state index in [0.717, 1.165) is 12.1 Å². The van der Waals surface area contributed by atoms with Crippen LogP contribution in [-0.2, 0) is 0 Å². The van der Waals surface area contributed by atoms with Crippen molar-refractivity contribution in [3.63, 3.8) is 0 Å². The Balaban J connectivity index is 2.16. The normalized spacial score (nSPS) is 14.9. The van der Waals surface area contributed by atoms with E-state index in [0.29, 0.717) is 6.04 Å². The average molecular weight is 302 g/mol. The lowest BCUT2D eigenvalue weighted by Crippen LogP contribution is -2.28. The maximum atomic E-state index is 4.61. The molecule has 0 saturated carbocycles. The van der Waals surface area contributed by atoms with Gasteiger partial charge in [-0.2, -0.15) is 0 Å². The second kappa shape index (κ2) is 6.71. The molecule has 0 aliphatic carbocycles.